The van der Waals surface area contributed by atoms with Gasteiger partial charge in [0.05, 0.1) is 0 Å². The molecule has 2 saturated heterocycles. The first-order valence-electron chi connectivity index (χ1n) is 8.99. The molecule has 26 heavy (non-hydrogen) atoms. The van der Waals surface area contributed by atoms with Crippen LogP contribution < -0.4 is 10.6 Å². The van der Waals surface area contributed by atoms with Crippen molar-refractivity contribution < 1.29 is 14.3 Å². The van der Waals surface area contributed by atoms with Crippen molar-refractivity contribution in [1.82, 2.24) is 10.6 Å². The highest BCUT2D eigenvalue weighted by Gasteiger charge is 2.42. The molecule has 2 aliphatic heterocycles. The number of benzene rings is 1. The summed E-state index contributed by atoms with van der Waals surface area (Å²) in [5.41, 5.74) is 0.184. The van der Waals surface area contributed by atoms with E-state index in [0.29, 0.717) is 32.6 Å². The zero-order chi connectivity index (χ0) is 17.8. The second-order valence-corrected chi connectivity index (χ2v) is 7.41. The first-order valence-corrected chi connectivity index (χ1v) is 9.37. The van der Waals surface area contributed by atoms with Gasteiger partial charge in [0.25, 0.3) is 5.91 Å². The lowest BCUT2D eigenvalue weighted by molar-refractivity contribution is -0.147. The molecule has 0 aliphatic carbocycles. The Morgan fingerprint density at radius 2 is 1.88 bits per heavy atom. The van der Waals surface area contributed by atoms with E-state index in [-0.39, 0.29) is 23.7 Å². The maximum absolute atomic E-state index is 12.9. The zero-order valence-corrected chi connectivity index (χ0v) is 16.8. The van der Waals surface area contributed by atoms with Gasteiger partial charge in [-0.2, -0.15) is 0 Å². The molecular weight excluding hydrogens is 375 g/mol. The summed E-state index contributed by atoms with van der Waals surface area (Å²) >= 11 is 6.48. The van der Waals surface area contributed by atoms with E-state index in [2.05, 4.69) is 16.7 Å². The highest BCUT2D eigenvalue weighted by Crippen LogP contribution is 2.38. The number of nitrogens with one attached hydrogen (secondary N) is 2. The lowest BCUT2D eigenvalue weighted by Gasteiger charge is -2.40. The third-order valence-corrected chi connectivity index (χ3v) is 6.03. The van der Waals surface area contributed by atoms with E-state index in [4.69, 9.17) is 21.1 Å². The molecule has 0 saturated carbocycles. The Labute approximate surface area is 166 Å². The minimum absolute atomic E-state index is 0. The Kier molecular flexibility index (Phi) is 7.74. The normalized spacial score (nSPS) is 21.5. The molecule has 2 N–H and O–H groups in total. The maximum atomic E-state index is 12.9. The van der Waals surface area contributed by atoms with Crippen LogP contribution in [0.15, 0.2) is 24.3 Å². The molecule has 0 radical (unpaired) electrons. The van der Waals surface area contributed by atoms with Crippen molar-refractivity contribution in [3.05, 3.63) is 34.9 Å². The molecule has 1 amide bonds. The molecule has 0 spiro atoms. The minimum atomic E-state index is -0.724. The van der Waals surface area contributed by atoms with E-state index >= 15 is 0 Å². The number of carbonyl (C=O) groups excluding carboxylic acids is 1. The number of hydrogen-bond acceptors (Lipinski definition) is 4. The summed E-state index contributed by atoms with van der Waals surface area (Å²) in [5.74, 6) is -0.0191. The molecule has 0 aromatic heterocycles. The maximum Gasteiger partial charge on any atom is 0.252 e. The van der Waals surface area contributed by atoms with Gasteiger partial charge in [-0.3, -0.25) is 4.79 Å². The van der Waals surface area contributed by atoms with E-state index in [0.717, 1.165) is 36.5 Å². The molecule has 3 rings (SSSR count). The molecule has 2 aliphatic rings. The quantitative estimate of drug-likeness (QED) is 0.794. The van der Waals surface area contributed by atoms with E-state index in [1.165, 1.54) is 0 Å². The fraction of sp³-hybridized carbons (Fsp3) is 0.632. The van der Waals surface area contributed by atoms with Gasteiger partial charge in [-0.25, -0.2) is 0 Å². The number of ether oxygens (including phenoxy) is 2. The number of rotatable bonds is 5. The first-order chi connectivity index (χ1) is 12.1. The van der Waals surface area contributed by atoms with Crippen LogP contribution in [0.4, 0.5) is 0 Å². The Balaban J connectivity index is 0.00000243. The summed E-state index contributed by atoms with van der Waals surface area (Å²) in [7, 11) is 1.63. The molecule has 0 unspecified atom stereocenters. The van der Waals surface area contributed by atoms with Crippen LogP contribution in [0.3, 0.4) is 0 Å². The summed E-state index contributed by atoms with van der Waals surface area (Å²) in [4.78, 5) is 12.9. The molecule has 0 atom stereocenters. The smallest absolute Gasteiger partial charge is 0.252 e. The number of piperidine rings is 1. The van der Waals surface area contributed by atoms with Gasteiger partial charge in [0.15, 0.2) is 0 Å². The van der Waals surface area contributed by atoms with Crippen LogP contribution in [0, 0.1) is 0 Å². The highest BCUT2D eigenvalue weighted by molar-refractivity contribution is 6.31. The predicted octanol–water partition coefficient (Wildman–Crippen LogP) is 2.69. The van der Waals surface area contributed by atoms with Gasteiger partial charge in [0.1, 0.15) is 5.60 Å². The van der Waals surface area contributed by atoms with Gasteiger partial charge >= 0.3 is 0 Å². The second-order valence-electron chi connectivity index (χ2n) is 7.00. The lowest BCUT2D eigenvalue weighted by Crippen LogP contribution is -2.56. The van der Waals surface area contributed by atoms with E-state index < -0.39 is 5.60 Å². The number of amides is 1. The summed E-state index contributed by atoms with van der Waals surface area (Å²) in [6, 6.07) is 7.92. The summed E-state index contributed by atoms with van der Waals surface area (Å²) in [5, 5.41) is 7.21. The zero-order valence-electron chi connectivity index (χ0n) is 15.2. The standard InChI is InChI=1S/C19H27ClN2O3.ClH/c1-24-19(6-10-21-11-7-19)17(23)22-14-18(8-12-25-13-9-18)15-4-2-3-5-16(15)20;/h2-5,21H,6-14H2,1H3,(H,22,23);1H. The van der Waals surface area contributed by atoms with Crippen molar-refractivity contribution in [2.45, 2.75) is 36.7 Å². The predicted molar refractivity (Wildman–Crippen MR) is 105 cm³/mol. The molecule has 7 heteroatoms. The lowest BCUT2D eigenvalue weighted by atomic mass is 9.74. The SMILES string of the molecule is COC1(C(=O)NCC2(c3ccccc3Cl)CCOCC2)CCNCC1.Cl. The van der Waals surface area contributed by atoms with E-state index in [1.54, 1.807) is 7.11 Å². The van der Waals surface area contributed by atoms with Gasteiger partial charge in [-0.05, 0) is 50.4 Å². The Bertz CT molecular complexity index is 600. The Morgan fingerprint density at radius 3 is 2.50 bits per heavy atom. The fourth-order valence-electron chi connectivity index (χ4n) is 3.96. The highest BCUT2D eigenvalue weighted by atomic mass is 35.5. The Hall–Kier alpha value is -0.850. The van der Waals surface area contributed by atoms with Crippen molar-refractivity contribution in [2.24, 2.45) is 0 Å². The van der Waals surface area contributed by atoms with Gasteiger partial charge in [-0.15, -0.1) is 12.4 Å². The summed E-state index contributed by atoms with van der Waals surface area (Å²) in [6.07, 6.45) is 3.08. The monoisotopic (exact) mass is 402 g/mol. The third kappa shape index (κ3) is 4.34. The molecule has 1 aromatic carbocycles. The van der Waals surface area contributed by atoms with Crippen LogP contribution >= 0.6 is 24.0 Å². The van der Waals surface area contributed by atoms with Gasteiger partial charge < -0.3 is 20.1 Å². The van der Waals surface area contributed by atoms with Crippen LogP contribution in [0.25, 0.3) is 0 Å². The molecule has 2 fully saturated rings. The molecule has 146 valence electrons. The second kappa shape index (κ2) is 9.38. The van der Waals surface area contributed by atoms with Crippen LogP contribution in [0.1, 0.15) is 31.2 Å². The summed E-state index contributed by atoms with van der Waals surface area (Å²) < 4.78 is 11.2. The van der Waals surface area contributed by atoms with Crippen molar-refractivity contribution in [3.63, 3.8) is 0 Å². The van der Waals surface area contributed by atoms with Gasteiger partial charge in [-0.1, -0.05) is 29.8 Å². The minimum Gasteiger partial charge on any atom is -0.381 e. The van der Waals surface area contributed by atoms with Crippen molar-refractivity contribution in [2.75, 3.05) is 40.0 Å². The van der Waals surface area contributed by atoms with Crippen molar-refractivity contribution in [1.29, 1.82) is 0 Å². The average Bonchev–Trinajstić information content (AvgIpc) is 2.67. The van der Waals surface area contributed by atoms with Crippen LogP contribution in [-0.2, 0) is 19.7 Å². The number of hydrogen-bond donors (Lipinski definition) is 2. The topological polar surface area (TPSA) is 59.6 Å². The molecular formula is C19H28Cl2N2O3. The van der Waals surface area contributed by atoms with Crippen LogP contribution in [-0.4, -0.2) is 51.5 Å². The number of carbonyl (C=O) groups is 1. The van der Waals surface area contributed by atoms with Crippen LogP contribution in [0.5, 0.6) is 0 Å². The van der Waals surface area contributed by atoms with Crippen LogP contribution in [0.2, 0.25) is 5.02 Å². The fourth-order valence-corrected chi connectivity index (χ4v) is 4.30. The van der Waals surface area contributed by atoms with Crippen molar-refractivity contribution >= 4 is 29.9 Å². The summed E-state index contributed by atoms with van der Waals surface area (Å²) in [6.45, 7) is 3.51. The molecule has 2 heterocycles. The number of halogens is 2. The Morgan fingerprint density at radius 1 is 1.23 bits per heavy atom. The average molecular weight is 403 g/mol. The van der Waals surface area contributed by atoms with Gasteiger partial charge in [0.2, 0.25) is 0 Å². The van der Waals surface area contributed by atoms with E-state index in [1.807, 2.05) is 18.2 Å². The number of methoxy groups -OCH3 is 1. The largest absolute Gasteiger partial charge is 0.381 e. The third-order valence-electron chi connectivity index (χ3n) is 5.70. The molecule has 0 bridgehead atoms. The van der Waals surface area contributed by atoms with Gasteiger partial charge in [0, 0.05) is 37.3 Å². The molecule has 1 aromatic rings. The first kappa shape index (κ1) is 21.5. The van der Waals surface area contributed by atoms with E-state index in [9.17, 15) is 4.79 Å². The van der Waals surface area contributed by atoms with Crippen molar-refractivity contribution in [3.8, 4) is 0 Å². The molecule has 5 nitrogen and oxygen atoms in total.